The van der Waals surface area contributed by atoms with Crippen LogP contribution in [-0.2, 0) is 9.05 Å². The van der Waals surface area contributed by atoms with Crippen LogP contribution >= 0.6 is 26.6 Å². The lowest BCUT2D eigenvalue weighted by molar-refractivity contribution is 0.0849. The van der Waals surface area contributed by atoms with Crippen LogP contribution in [-0.4, -0.2) is 19.9 Å². The van der Waals surface area contributed by atoms with E-state index < -0.39 is 25.7 Å². The fraction of sp³-hybridized carbons (Fsp3) is 0.417. The van der Waals surface area contributed by atoms with Crippen molar-refractivity contribution in [1.29, 1.82) is 0 Å². The molecular formula is C12H12BrClFNO3S. The van der Waals surface area contributed by atoms with Crippen LogP contribution in [0.5, 0.6) is 0 Å². The lowest BCUT2D eigenvalue weighted by atomic mass is 9.78. The summed E-state index contributed by atoms with van der Waals surface area (Å²) in [4.78, 5) is 11.7. The van der Waals surface area contributed by atoms with Crippen molar-refractivity contribution in [3.8, 4) is 0 Å². The Kier molecular flexibility index (Phi) is 4.15. The minimum Gasteiger partial charge on any atom is -0.347 e. The Morgan fingerprint density at radius 1 is 1.45 bits per heavy atom. The van der Waals surface area contributed by atoms with Crippen molar-refractivity contribution in [3.63, 3.8) is 0 Å². The summed E-state index contributed by atoms with van der Waals surface area (Å²) in [6, 6.07) is 1.75. The van der Waals surface area contributed by atoms with Gasteiger partial charge in [-0.3, -0.25) is 4.79 Å². The molecule has 110 valence electrons. The molecule has 20 heavy (non-hydrogen) atoms. The van der Waals surface area contributed by atoms with Gasteiger partial charge in [-0.2, -0.15) is 0 Å². The quantitative estimate of drug-likeness (QED) is 0.814. The van der Waals surface area contributed by atoms with Gasteiger partial charge in [-0.25, -0.2) is 12.8 Å². The smallest absolute Gasteiger partial charge is 0.262 e. The van der Waals surface area contributed by atoms with Crippen LogP contribution in [0.25, 0.3) is 0 Å². The molecule has 1 aromatic rings. The zero-order chi connectivity index (χ0) is 15.1. The molecule has 4 nitrogen and oxygen atoms in total. The average molecular weight is 385 g/mol. The molecule has 0 saturated heterocycles. The van der Waals surface area contributed by atoms with E-state index >= 15 is 0 Å². The Morgan fingerprint density at radius 3 is 2.50 bits per heavy atom. The second-order valence-electron chi connectivity index (χ2n) is 5.07. The van der Waals surface area contributed by atoms with Crippen LogP contribution in [0.3, 0.4) is 0 Å². The monoisotopic (exact) mass is 383 g/mol. The van der Waals surface area contributed by atoms with E-state index in [1.165, 1.54) is 0 Å². The standard InChI is InChI=1S/C12H12BrClFNO3S/c1-12(3-2-4-12)16-11(17)8-5-7(15)6-9(10(8)13)20(14,18)19/h5-6H,2-4H2,1H3,(H,16,17). The second-order valence-corrected chi connectivity index (χ2v) is 8.40. The van der Waals surface area contributed by atoms with E-state index in [4.69, 9.17) is 10.7 Å². The molecule has 0 aliphatic heterocycles. The minimum absolute atomic E-state index is 0.0330. The molecule has 0 radical (unpaired) electrons. The molecule has 0 unspecified atom stereocenters. The molecule has 1 aliphatic carbocycles. The van der Waals surface area contributed by atoms with E-state index in [0.717, 1.165) is 31.4 Å². The van der Waals surface area contributed by atoms with E-state index in [0.29, 0.717) is 0 Å². The van der Waals surface area contributed by atoms with Gasteiger partial charge in [0.05, 0.1) is 10.0 Å². The van der Waals surface area contributed by atoms with E-state index in [1.54, 1.807) is 0 Å². The predicted octanol–water partition coefficient (Wildman–Crippen LogP) is 3.19. The fourth-order valence-electron chi connectivity index (χ4n) is 2.08. The first-order chi connectivity index (χ1) is 9.12. The first kappa shape index (κ1) is 15.7. The fourth-order valence-corrected chi connectivity index (χ4v) is 4.35. The second kappa shape index (κ2) is 5.27. The molecule has 0 aromatic heterocycles. The van der Waals surface area contributed by atoms with E-state index in [1.807, 2.05) is 6.92 Å². The zero-order valence-electron chi connectivity index (χ0n) is 10.5. The van der Waals surface area contributed by atoms with Gasteiger partial charge >= 0.3 is 0 Å². The molecule has 2 rings (SSSR count). The Bertz CT molecular complexity index is 674. The lowest BCUT2D eigenvalue weighted by Crippen LogP contribution is -2.51. The van der Waals surface area contributed by atoms with Gasteiger partial charge in [-0.1, -0.05) is 0 Å². The maximum atomic E-state index is 13.5. The van der Waals surface area contributed by atoms with E-state index in [9.17, 15) is 17.6 Å². The van der Waals surface area contributed by atoms with Crippen LogP contribution in [0, 0.1) is 5.82 Å². The topological polar surface area (TPSA) is 63.2 Å². The first-order valence-corrected chi connectivity index (χ1v) is 8.99. The molecule has 1 amide bonds. The highest BCUT2D eigenvalue weighted by Crippen LogP contribution is 2.33. The summed E-state index contributed by atoms with van der Waals surface area (Å²) in [6.45, 7) is 1.89. The van der Waals surface area contributed by atoms with Gasteiger partial charge in [0.25, 0.3) is 15.0 Å². The van der Waals surface area contributed by atoms with E-state index in [-0.39, 0.29) is 15.6 Å². The molecule has 0 heterocycles. The Balaban J connectivity index is 2.41. The maximum absolute atomic E-state index is 13.5. The summed E-state index contributed by atoms with van der Waals surface area (Å²) in [5, 5.41) is 2.78. The van der Waals surface area contributed by atoms with Crippen molar-refractivity contribution in [3.05, 3.63) is 28.0 Å². The molecule has 1 aromatic carbocycles. The molecule has 1 N–H and O–H groups in total. The maximum Gasteiger partial charge on any atom is 0.262 e. The van der Waals surface area contributed by atoms with Gasteiger partial charge in [-0.15, -0.1) is 0 Å². The number of halogens is 3. The van der Waals surface area contributed by atoms with Crippen LogP contribution < -0.4 is 5.32 Å². The molecule has 1 saturated carbocycles. The number of hydrogen-bond donors (Lipinski definition) is 1. The predicted molar refractivity (Wildman–Crippen MR) is 76.9 cm³/mol. The van der Waals surface area contributed by atoms with Gasteiger partial charge in [0.1, 0.15) is 10.7 Å². The van der Waals surface area contributed by atoms with Crippen molar-refractivity contribution >= 4 is 41.6 Å². The number of hydrogen-bond acceptors (Lipinski definition) is 3. The van der Waals surface area contributed by atoms with Crippen molar-refractivity contribution in [2.75, 3.05) is 0 Å². The Labute approximate surface area is 129 Å². The number of carbonyl (C=O) groups is 1. The summed E-state index contributed by atoms with van der Waals surface area (Å²) in [5.74, 6) is -1.36. The largest absolute Gasteiger partial charge is 0.347 e. The van der Waals surface area contributed by atoms with Crippen LogP contribution in [0.2, 0.25) is 0 Å². The SMILES string of the molecule is CC1(NC(=O)c2cc(F)cc(S(=O)(=O)Cl)c2Br)CCC1. The minimum atomic E-state index is -4.14. The number of benzene rings is 1. The zero-order valence-corrected chi connectivity index (χ0v) is 13.7. The average Bonchev–Trinajstić information content (AvgIpc) is 2.28. The van der Waals surface area contributed by atoms with Gasteiger partial charge in [0.2, 0.25) is 0 Å². The van der Waals surface area contributed by atoms with Gasteiger partial charge < -0.3 is 5.32 Å². The summed E-state index contributed by atoms with van der Waals surface area (Å²) in [6.07, 6.45) is 2.70. The van der Waals surface area contributed by atoms with Crippen LogP contribution in [0.1, 0.15) is 36.5 Å². The summed E-state index contributed by atoms with van der Waals surface area (Å²) in [5.41, 5.74) is -0.402. The van der Waals surface area contributed by atoms with Crippen molar-refractivity contribution in [2.24, 2.45) is 0 Å². The third-order valence-corrected chi connectivity index (χ3v) is 5.85. The number of rotatable bonds is 3. The molecule has 0 atom stereocenters. The third-order valence-electron chi connectivity index (χ3n) is 3.38. The molecule has 1 fully saturated rings. The molecule has 1 aliphatic rings. The highest BCUT2D eigenvalue weighted by atomic mass is 79.9. The lowest BCUT2D eigenvalue weighted by Gasteiger charge is -2.39. The Hall–Kier alpha value is -0.660. The number of amides is 1. The number of nitrogens with one attached hydrogen (secondary N) is 1. The normalized spacial score (nSPS) is 17.4. The van der Waals surface area contributed by atoms with Gasteiger partial charge in [0.15, 0.2) is 0 Å². The molecule has 0 spiro atoms. The highest BCUT2D eigenvalue weighted by Gasteiger charge is 2.34. The third kappa shape index (κ3) is 3.15. The van der Waals surface area contributed by atoms with Crippen molar-refractivity contribution in [2.45, 2.75) is 36.6 Å². The summed E-state index contributed by atoms with van der Waals surface area (Å²) in [7, 11) is 1.09. The van der Waals surface area contributed by atoms with Gasteiger partial charge in [0, 0.05) is 16.2 Å². The highest BCUT2D eigenvalue weighted by molar-refractivity contribution is 9.10. The molecule has 8 heteroatoms. The first-order valence-electron chi connectivity index (χ1n) is 5.89. The number of carbonyl (C=O) groups excluding carboxylic acids is 1. The van der Waals surface area contributed by atoms with Crippen molar-refractivity contribution < 1.29 is 17.6 Å². The van der Waals surface area contributed by atoms with Gasteiger partial charge in [-0.05, 0) is 54.2 Å². The van der Waals surface area contributed by atoms with Crippen molar-refractivity contribution in [1.82, 2.24) is 5.32 Å². The van der Waals surface area contributed by atoms with E-state index in [2.05, 4.69) is 21.2 Å². The van der Waals surface area contributed by atoms with Crippen LogP contribution in [0.15, 0.2) is 21.5 Å². The summed E-state index contributed by atoms with van der Waals surface area (Å²) < 4.78 is 36.2. The van der Waals surface area contributed by atoms with Crippen LogP contribution in [0.4, 0.5) is 4.39 Å². The molecular weight excluding hydrogens is 373 g/mol. The molecule has 0 bridgehead atoms. The Morgan fingerprint density at radius 2 is 2.05 bits per heavy atom. The summed E-state index contributed by atoms with van der Waals surface area (Å²) >= 11 is 3.01.